The highest BCUT2D eigenvalue weighted by molar-refractivity contribution is 5.94. The summed E-state index contributed by atoms with van der Waals surface area (Å²) in [6.45, 7) is 4.00. The van der Waals surface area contributed by atoms with Gasteiger partial charge >= 0.3 is 0 Å². The van der Waals surface area contributed by atoms with Crippen molar-refractivity contribution in [1.29, 1.82) is 0 Å². The molecule has 1 aromatic carbocycles. The van der Waals surface area contributed by atoms with Gasteiger partial charge in [-0.1, -0.05) is 13.8 Å². The molecule has 1 aromatic rings. The van der Waals surface area contributed by atoms with Crippen LogP contribution in [0.1, 0.15) is 26.7 Å². The van der Waals surface area contributed by atoms with Crippen LogP contribution >= 0.6 is 0 Å². The molecule has 0 heterocycles. The van der Waals surface area contributed by atoms with Crippen molar-refractivity contribution in [3.05, 3.63) is 24.3 Å². The molecule has 0 aromatic heterocycles. The lowest BCUT2D eigenvalue weighted by Crippen LogP contribution is -2.13. The number of carbonyl (C=O) groups excluding carboxylic acids is 1. The van der Waals surface area contributed by atoms with Crippen LogP contribution in [0.3, 0.4) is 0 Å². The highest BCUT2D eigenvalue weighted by Crippen LogP contribution is 2.30. The molecule has 0 saturated heterocycles. The van der Waals surface area contributed by atoms with Crippen LogP contribution in [0.25, 0.3) is 0 Å². The molecule has 0 bridgehead atoms. The first kappa shape index (κ1) is 11.6. The molecule has 1 fully saturated rings. The van der Waals surface area contributed by atoms with E-state index in [4.69, 9.17) is 5.73 Å². The van der Waals surface area contributed by atoms with E-state index in [0.29, 0.717) is 5.69 Å². The Kier molecular flexibility index (Phi) is 4.16. The minimum Gasteiger partial charge on any atom is -0.399 e. The second kappa shape index (κ2) is 5.39. The third kappa shape index (κ3) is 3.62. The fourth-order valence-electron chi connectivity index (χ4n) is 1.16. The number of benzene rings is 1. The molecule has 1 aliphatic rings. The maximum atomic E-state index is 11.3. The molecule has 0 radical (unpaired) electrons. The van der Waals surface area contributed by atoms with Crippen molar-refractivity contribution in [2.75, 3.05) is 11.1 Å². The van der Waals surface area contributed by atoms with E-state index in [2.05, 4.69) is 5.32 Å². The molecular weight excluding hydrogens is 188 g/mol. The van der Waals surface area contributed by atoms with E-state index >= 15 is 0 Å². The average Bonchev–Trinajstić information content (AvgIpc) is 3.08. The molecule has 0 spiro atoms. The van der Waals surface area contributed by atoms with E-state index in [1.807, 2.05) is 26.0 Å². The monoisotopic (exact) mass is 206 g/mol. The van der Waals surface area contributed by atoms with E-state index in [9.17, 15) is 4.79 Å². The highest BCUT2D eigenvalue weighted by Gasteiger charge is 2.29. The predicted molar refractivity (Wildman–Crippen MR) is 63.6 cm³/mol. The first-order chi connectivity index (χ1) is 7.25. The van der Waals surface area contributed by atoms with E-state index in [1.54, 1.807) is 12.1 Å². The van der Waals surface area contributed by atoms with Gasteiger partial charge in [-0.2, -0.15) is 0 Å². The summed E-state index contributed by atoms with van der Waals surface area (Å²) in [5.41, 5.74) is 7.05. The molecule has 15 heavy (non-hydrogen) atoms. The highest BCUT2D eigenvalue weighted by atomic mass is 16.2. The van der Waals surface area contributed by atoms with Gasteiger partial charge in [0, 0.05) is 17.3 Å². The largest absolute Gasteiger partial charge is 0.399 e. The topological polar surface area (TPSA) is 55.1 Å². The van der Waals surface area contributed by atoms with Gasteiger partial charge in [-0.15, -0.1) is 0 Å². The molecule has 0 aliphatic heterocycles. The number of amides is 1. The third-order valence-electron chi connectivity index (χ3n) is 2.13. The standard InChI is InChI=1S/C10H12N2O.C2H6/c11-8-3-5-9(6-4-8)12-10(13)7-1-2-7;1-2/h3-7H,1-2,11H2,(H,12,13);1-2H3. The van der Waals surface area contributed by atoms with Gasteiger partial charge in [0.1, 0.15) is 0 Å². The first-order valence-electron chi connectivity index (χ1n) is 5.42. The molecule has 1 saturated carbocycles. The number of hydrogen-bond acceptors (Lipinski definition) is 2. The lowest BCUT2D eigenvalue weighted by molar-refractivity contribution is -0.117. The van der Waals surface area contributed by atoms with Crippen molar-refractivity contribution >= 4 is 17.3 Å². The van der Waals surface area contributed by atoms with Crippen LogP contribution in [0.15, 0.2) is 24.3 Å². The van der Waals surface area contributed by atoms with Gasteiger partial charge in [0.15, 0.2) is 0 Å². The van der Waals surface area contributed by atoms with E-state index < -0.39 is 0 Å². The van der Waals surface area contributed by atoms with Crippen molar-refractivity contribution in [1.82, 2.24) is 0 Å². The molecule has 0 unspecified atom stereocenters. The van der Waals surface area contributed by atoms with Crippen LogP contribution in [-0.4, -0.2) is 5.91 Å². The summed E-state index contributed by atoms with van der Waals surface area (Å²) in [5, 5.41) is 2.84. The first-order valence-corrected chi connectivity index (χ1v) is 5.42. The predicted octanol–water partition coefficient (Wildman–Crippen LogP) is 2.64. The molecule has 1 aliphatic carbocycles. The van der Waals surface area contributed by atoms with Crippen molar-refractivity contribution in [3.63, 3.8) is 0 Å². The van der Waals surface area contributed by atoms with Gasteiger partial charge in [0.05, 0.1) is 0 Å². The lowest BCUT2D eigenvalue weighted by Gasteiger charge is -2.03. The summed E-state index contributed by atoms with van der Waals surface area (Å²) in [6, 6.07) is 7.19. The van der Waals surface area contributed by atoms with Crippen LogP contribution < -0.4 is 11.1 Å². The zero-order chi connectivity index (χ0) is 11.3. The lowest BCUT2D eigenvalue weighted by atomic mass is 10.2. The summed E-state index contributed by atoms with van der Waals surface area (Å²) >= 11 is 0. The van der Waals surface area contributed by atoms with Gasteiger partial charge in [0.2, 0.25) is 5.91 Å². The van der Waals surface area contributed by atoms with Crippen molar-refractivity contribution < 1.29 is 4.79 Å². The Morgan fingerprint density at radius 1 is 1.27 bits per heavy atom. The van der Waals surface area contributed by atoms with E-state index in [1.165, 1.54) is 0 Å². The Morgan fingerprint density at radius 3 is 2.27 bits per heavy atom. The van der Waals surface area contributed by atoms with Crippen molar-refractivity contribution in [2.45, 2.75) is 26.7 Å². The van der Waals surface area contributed by atoms with Gasteiger partial charge in [0.25, 0.3) is 0 Å². The maximum Gasteiger partial charge on any atom is 0.227 e. The minimum absolute atomic E-state index is 0.129. The quantitative estimate of drug-likeness (QED) is 0.731. The Hall–Kier alpha value is -1.51. The van der Waals surface area contributed by atoms with Crippen molar-refractivity contribution in [3.8, 4) is 0 Å². The third-order valence-corrected chi connectivity index (χ3v) is 2.13. The Morgan fingerprint density at radius 2 is 1.80 bits per heavy atom. The summed E-state index contributed by atoms with van der Waals surface area (Å²) in [4.78, 5) is 11.3. The molecule has 3 N–H and O–H groups in total. The van der Waals surface area contributed by atoms with Crippen LogP contribution in [0.5, 0.6) is 0 Å². The fourth-order valence-corrected chi connectivity index (χ4v) is 1.16. The minimum atomic E-state index is 0.129. The molecule has 1 amide bonds. The summed E-state index contributed by atoms with van der Waals surface area (Å²) in [7, 11) is 0. The number of nitrogen functional groups attached to an aromatic ring is 1. The Labute approximate surface area is 90.7 Å². The molecule has 0 atom stereocenters. The second-order valence-corrected chi connectivity index (χ2v) is 3.39. The van der Waals surface area contributed by atoms with Crippen LogP contribution in [-0.2, 0) is 4.79 Å². The van der Waals surface area contributed by atoms with Crippen LogP contribution in [0.4, 0.5) is 11.4 Å². The second-order valence-electron chi connectivity index (χ2n) is 3.39. The van der Waals surface area contributed by atoms with Crippen LogP contribution in [0.2, 0.25) is 0 Å². The zero-order valence-corrected chi connectivity index (χ0v) is 9.29. The summed E-state index contributed by atoms with van der Waals surface area (Å²) in [5.74, 6) is 0.377. The SMILES string of the molecule is CC.Nc1ccc(NC(=O)C2CC2)cc1. The van der Waals surface area contributed by atoms with Gasteiger partial charge < -0.3 is 11.1 Å². The average molecular weight is 206 g/mol. The molecule has 3 nitrogen and oxygen atoms in total. The smallest absolute Gasteiger partial charge is 0.227 e. The van der Waals surface area contributed by atoms with Crippen LogP contribution in [0, 0.1) is 5.92 Å². The van der Waals surface area contributed by atoms with E-state index in [-0.39, 0.29) is 11.8 Å². The Bertz CT molecular complexity index is 315. The molecule has 2 rings (SSSR count). The summed E-state index contributed by atoms with van der Waals surface area (Å²) < 4.78 is 0. The molecule has 3 heteroatoms. The van der Waals surface area contributed by atoms with Gasteiger partial charge in [-0.05, 0) is 37.1 Å². The van der Waals surface area contributed by atoms with Gasteiger partial charge in [-0.25, -0.2) is 0 Å². The maximum absolute atomic E-state index is 11.3. The van der Waals surface area contributed by atoms with Gasteiger partial charge in [-0.3, -0.25) is 4.79 Å². The number of nitrogens with one attached hydrogen (secondary N) is 1. The zero-order valence-electron chi connectivity index (χ0n) is 9.29. The number of anilines is 2. The number of rotatable bonds is 2. The van der Waals surface area contributed by atoms with E-state index in [0.717, 1.165) is 18.5 Å². The molecule has 82 valence electrons. The number of carbonyl (C=O) groups is 1. The Balaban J connectivity index is 0.000000531. The normalized spacial score (nSPS) is 13.7. The number of hydrogen-bond donors (Lipinski definition) is 2. The number of nitrogens with two attached hydrogens (primary N) is 1. The van der Waals surface area contributed by atoms with Crippen molar-refractivity contribution in [2.24, 2.45) is 5.92 Å². The molecular formula is C12H18N2O. The summed E-state index contributed by atoms with van der Waals surface area (Å²) in [6.07, 6.45) is 2.06. The fraction of sp³-hybridized carbons (Fsp3) is 0.417.